The molecule has 1 nitrogen and oxygen atoms in total. The van der Waals surface area contributed by atoms with E-state index in [2.05, 4.69) is 79.4 Å². The largest absolute Gasteiger partial charge is 0.177 e. The van der Waals surface area contributed by atoms with Gasteiger partial charge in [0.2, 0.25) is 0 Å². The third-order valence-electron chi connectivity index (χ3n) is 5.03. The third kappa shape index (κ3) is 2.73. The third-order valence-corrected chi connectivity index (χ3v) is 10.0. The molecule has 0 aliphatic heterocycles. The van der Waals surface area contributed by atoms with Crippen molar-refractivity contribution in [3.63, 3.8) is 0 Å². The van der Waals surface area contributed by atoms with Gasteiger partial charge in [0.25, 0.3) is 0 Å². The first-order valence-electron chi connectivity index (χ1n) is 8.44. The lowest BCUT2D eigenvalue weighted by Gasteiger charge is -2.40. The Morgan fingerprint density at radius 1 is 0.727 bits per heavy atom. The number of hydrogen-bond donors (Lipinski definition) is 0. The predicted molar refractivity (Wildman–Crippen MR) is 99.6 cm³/mol. The van der Waals surface area contributed by atoms with Crippen molar-refractivity contribution < 1.29 is 0 Å². The molecule has 0 heterocycles. The fraction of sp³-hybridized carbons (Fsp3) is 0.400. The van der Waals surface area contributed by atoms with Crippen LogP contribution < -0.4 is 10.6 Å². The highest BCUT2D eigenvalue weighted by molar-refractivity contribution is 7.88. The van der Waals surface area contributed by atoms with Gasteiger partial charge in [-0.05, 0) is 49.9 Å². The summed E-state index contributed by atoms with van der Waals surface area (Å²) in [5.41, 5.74) is 0.793. The van der Waals surface area contributed by atoms with Crippen molar-refractivity contribution >= 4 is 18.0 Å². The number of benzene rings is 2. The van der Waals surface area contributed by atoms with Gasteiger partial charge in [-0.15, -0.1) is 0 Å². The normalized spacial score (nSPS) is 16.9. The monoisotopic (exact) mass is 312 g/mol. The van der Waals surface area contributed by atoms with Gasteiger partial charge < -0.3 is 0 Å². The van der Waals surface area contributed by atoms with E-state index in [1.807, 2.05) is 0 Å². The van der Waals surface area contributed by atoms with Gasteiger partial charge in [0, 0.05) is 14.1 Å². The van der Waals surface area contributed by atoms with E-state index < -0.39 is 7.41 Å². The van der Waals surface area contributed by atoms with E-state index in [1.165, 1.54) is 42.7 Å². The van der Waals surface area contributed by atoms with Crippen LogP contribution in [0, 0.1) is 0 Å². The average molecular weight is 312 g/mol. The van der Waals surface area contributed by atoms with Crippen LogP contribution in [0.3, 0.4) is 0 Å². The minimum Gasteiger partial charge on any atom is -0.177 e. The zero-order valence-electron chi connectivity index (χ0n) is 13.8. The van der Waals surface area contributed by atoms with Crippen LogP contribution in [-0.4, -0.2) is 24.4 Å². The minimum atomic E-state index is -1.51. The first-order chi connectivity index (χ1) is 10.8. The second-order valence-corrected chi connectivity index (χ2v) is 10.4. The van der Waals surface area contributed by atoms with Gasteiger partial charge in [-0.3, -0.25) is 0 Å². The molecule has 2 heteroatoms. The summed E-state index contributed by atoms with van der Waals surface area (Å²) in [6.07, 6.45) is 6.93. The summed E-state index contributed by atoms with van der Waals surface area (Å²) >= 11 is 0. The summed E-state index contributed by atoms with van der Waals surface area (Å²) in [6.45, 7) is 0. The molecule has 0 bridgehead atoms. The molecule has 2 aromatic carbocycles. The van der Waals surface area contributed by atoms with Crippen molar-refractivity contribution in [2.75, 3.05) is 14.1 Å². The van der Waals surface area contributed by atoms with E-state index in [0.29, 0.717) is 0 Å². The minimum absolute atomic E-state index is 0.793. The molecule has 0 unspecified atom stereocenters. The van der Waals surface area contributed by atoms with Crippen molar-refractivity contribution in [1.82, 2.24) is 4.67 Å². The summed E-state index contributed by atoms with van der Waals surface area (Å²) in [7, 11) is 3.07. The maximum absolute atomic E-state index is 2.56. The van der Waals surface area contributed by atoms with Gasteiger partial charge in [0.15, 0.2) is 7.41 Å². The Kier molecular flexibility index (Phi) is 4.96. The number of rotatable bonds is 4. The summed E-state index contributed by atoms with van der Waals surface area (Å²) < 4.78 is 2.56. The van der Waals surface area contributed by atoms with Crippen molar-refractivity contribution in [1.29, 1.82) is 0 Å². The molecular weight excluding hydrogens is 285 g/mol. The second kappa shape index (κ2) is 6.94. The SMILES string of the molecule is CN(C)[P+](c1ccccc1)(c1ccccc1)C1CCCCC1. The van der Waals surface area contributed by atoms with Crippen LogP contribution in [-0.2, 0) is 0 Å². The fourth-order valence-corrected chi connectivity index (χ4v) is 9.21. The molecule has 0 amide bonds. The zero-order valence-corrected chi connectivity index (χ0v) is 14.7. The van der Waals surface area contributed by atoms with Crippen LogP contribution in [0.5, 0.6) is 0 Å². The van der Waals surface area contributed by atoms with E-state index in [0.717, 1.165) is 5.66 Å². The molecule has 0 saturated heterocycles. The second-order valence-electron chi connectivity index (χ2n) is 6.50. The van der Waals surface area contributed by atoms with Gasteiger partial charge in [-0.25, -0.2) is 0 Å². The molecule has 0 aromatic heterocycles. The lowest BCUT2D eigenvalue weighted by Crippen LogP contribution is -2.40. The van der Waals surface area contributed by atoms with E-state index >= 15 is 0 Å². The van der Waals surface area contributed by atoms with Gasteiger partial charge in [0.1, 0.15) is 10.6 Å². The summed E-state index contributed by atoms with van der Waals surface area (Å²) in [4.78, 5) is 0. The maximum atomic E-state index is 2.56. The van der Waals surface area contributed by atoms with Crippen LogP contribution in [0.1, 0.15) is 32.1 Å². The first-order valence-corrected chi connectivity index (χ1v) is 10.2. The summed E-state index contributed by atoms with van der Waals surface area (Å²) in [5, 5.41) is 3.08. The molecule has 1 saturated carbocycles. The Hall–Kier alpha value is -1.17. The van der Waals surface area contributed by atoms with Gasteiger partial charge in [-0.2, -0.15) is 4.67 Å². The van der Waals surface area contributed by atoms with Crippen LogP contribution in [0.2, 0.25) is 0 Å². The zero-order chi connectivity index (χ0) is 15.4. The van der Waals surface area contributed by atoms with E-state index in [-0.39, 0.29) is 0 Å². The molecule has 0 spiro atoms. The maximum Gasteiger partial charge on any atom is 0.151 e. The number of nitrogens with zero attached hydrogens (tertiary/aromatic N) is 1. The topological polar surface area (TPSA) is 3.24 Å². The summed E-state index contributed by atoms with van der Waals surface area (Å²) in [6, 6.07) is 22.5. The van der Waals surface area contributed by atoms with Crippen molar-refractivity contribution in [2.45, 2.75) is 37.8 Å². The Balaban J connectivity index is 2.19. The molecule has 1 fully saturated rings. The lowest BCUT2D eigenvalue weighted by molar-refractivity contribution is 0.495. The lowest BCUT2D eigenvalue weighted by atomic mass is 10.0. The Labute approximate surface area is 135 Å². The molecule has 3 rings (SSSR count). The quantitative estimate of drug-likeness (QED) is 0.753. The van der Waals surface area contributed by atoms with E-state index in [9.17, 15) is 0 Å². The average Bonchev–Trinajstić information content (AvgIpc) is 2.58. The highest BCUT2D eigenvalue weighted by atomic mass is 31.2. The molecule has 0 atom stereocenters. The molecule has 1 aliphatic carbocycles. The van der Waals surface area contributed by atoms with Gasteiger partial charge >= 0.3 is 0 Å². The van der Waals surface area contributed by atoms with Crippen molar-refractivity contribution in [3.8, 4) is 0 Å². The van der Waals surface area contributed by atoms with Crippen LogP contribution >= 0.6 is 7.41 Å². The molecule has 116 valence electrons. The van der Waals surface area contributed by atoms with Crippen LogP contribution in [0.25, 0.3) is 0 Å². The van der Waals surface area contributed by atoms with Crippen LogP contribution in [0.4, 0.5) is 0 Å². The van der Waals surface area contributed by atoms with Crippen molar-refractivity contribution in [2.24, 2.45) is 0 Å². The van der Waals surface area contributed by atoms with Gasteiger partial charge in [-0.1, -0.05) is 42.8 Å². The standard InChI is InChI=1S/C20H27NP/c1-21(2)22(18-12-6-3-7-13-18,19-14-8-4-9-15-19)20-16-10-5-11-17-20/h3-4,6-9,12-15,20H,5,10-11,16-17H2,1-2H3/q+1. The molecular formula is C20H27NP+. The van der Waals surface area contributed by atoms with Crippen molar-refractivity contribution in [3.05, 3.63) is 60.7 Å². The predicted octanol–water partition coefficient (Wildman–Crippen LogP) is 4.46. The molecule has 1 aliphatic rings. The number of hydrogen-bond acceptors (Lipinski definition) is 1. The Bertz CT molecular complexity index is 534. The Morgan fingerprint density at radius 2 is 1.18 bits per heavy atom. The first kappa shape index (κ1) is 15.7. The smallest absolute Gasteiger partial charge is 0.151 e. The van der Waals surface area contributed by atoms with E-state index in [4.69, 9.17) is 0 Å². The van der Waals surface area contributed by atoms with Gasteiger partial charge in [0.05, 0.1) is 5.66 Å². The van der Waals surface area contributed by atoms with Crippen LogP contribution in [0.15, 0.2) is 60.7 Å². The summed E-state index contributed by atoms with van der Waals surface area (Å²) in [5.74, 6) is 0. The molecule has 2 aromatic rings. The highest BCUT2D eigenvalue weighted by Gasteiger charge is 2.52. The van der Waals surface area contributed by atoms with E-state index in [1.54, 1.807) is 0 Å². The molecule has 0 N–H and O–H groups in total. The molecule has 0 radical (unpaired) electrons. The molecule has 22 heavy (non-hydrogen) atoms. The Morgan fingerprint density at radius 3 is 1.59 bits per heavy atom. The highest BCUT2D eigenvalue weighted by Crippen LogP contribution is 2.65. The fourth-order valence-electron chi connectivity index (χ4n) is 4.12.